The van der Waals surface area contributed by atoms with Crippen molar-refractivity contribution < 1.29 is 0 Å². The molecule has 68 valence electrons. The van der Waals surface area contributed by atoms with Gasteiger partial charge in [0, 0.05) is 18.7 Å². The first kappa shape index (κ1) is 9.55. The normalized spacial score (nSPS) is 13.4. The summed E-state index contributed by atoms with van der Waals surface area (Å²) in [6.07, 6.45) is 0.790. The predicted octanol–water partition coefficient (Wildman–Crippen LogP) is 1.27. The third-order valence-corrected chi connectivity index (χ3v) is 2.27. The lowest BCUT2D eigenvalue weighted by Crippen LogP contribution is -2.18. The smallest absolute Gasteiger partial charge is 0.130 e. The molecule has 4 heteroatoms. The van der Waals surface area contributed by atoms with Crippen molar-refractivity contribution in [2.75, 3.05) is 0 Å². The SMILES string of the molecule is Cc1nn(C)c(Cl)c1C[C@@H](C)N. The van der Waals surface area contributed by atoms with Gasteiger partial charge >= 0.3 is 0 Å². The van der Waals surface area contributed by atoms with E-state index in [1.54, 1.807) is 4.68 Å². The summed E-state index contributed by atoms with van der Waals surface area (Å²) < 4.78 is 1.68. The van der Waals surface area contributed by atoms with Crippen LogP contribution in [-0.2, 0) is 13.5 Å². The summed E-state index contributed by atoms with van der Waals surface area (Å²) in [4.78, 5) is 0. The quantitative estimate of drug-likeness (QED) is 0.758. The molecule has 0 bridgehead atoms. The molecule has 1 atom stereocenters. The molecule has 0 saturated heterocycles. The number of nitrogens with zero attached hydrogens (tertiary/aromatic N) is 2. The molecule has 1 aromatic heterocycles. The summed E-state index contributed by atoms with van der Waals surface area (Å²) in [5, 5.41) is 4.89. The van der Waals surface area contributed by atoms with Gasteiger partial charge in [0.2, 0.25) is 0 Å². The van der Waals surface area contributed by atoms with E-state index >= 15 is 0 Å². The van der Waals surface area contributed by atoms with Gasteiger partial charge in [0.05, 0.1) is 5.69 Å². The molecule has 1 heterocycles. The Labute approximate surface area is 77.5 Å². The van der Waals surface area contributed by atoms with Crippen molar-refractivity contribution in [2.45, 2.75) is 26.3 Å². The van der Waals surface area contributed by atoms with Crippen molar-refractivity contribution in [1.29, 1.82) is 0 Å². The summed E-state index contributed by atoms with van der Waals surface area (Å²) in [6, 6.07) is 0.130. The fourth-order valence-electron chi connectivity index (χ4n) is 1.23. The van der Waals surface area contributed by atoms with Crippen molar-refractivity contribution in [1.82, 2.24) is 9.78 Å². The van der Waals surface area contributed by atoms with Crippen molar-refractivity contribution >= 4 is 11.6 Å². The second kappa shape index (κ2) is 3.46. The largest absolute Gasteiger partial charge is 0.328 e. The zero-order chi connectivity index (χ0) is 9.30. The Hall–Kier alpha value is -0.540. The van der Waals surface area contributed by atoms with E-state index in [1.807, 2.05) is 20.9 Å². The minimum atomic E-state index is 0.130. The average molecular weight is 188 g/mol. The van der Waals surface area contributed by atoms with Crippen LogP contribution < -0.4 is 5.73 Å². The zero-order valence-electron chi connectivity index (χ0n) is 7.63. The van der Waals surface area contributed by atoms with Crippen LogP contribution in [0.3, 0.4) is 0 Å². The molecule has 12 heavy (non-hydrogen) atoms. The van der Waals surface area contributed by atoms with E-state index in [-0.39, 0.29) is 6.04 Å². The van der Waals surface area contributed by atoms with Crippen molar-refractivity contribution in [3.63, 3.8) is 0 Å². The Morgan fingerprint density at radius 3 is 2.58 bits per heavy atom. The molecule has 0 unspecified atom stereocenters. The van der Waals surface area contributed by atoms with Gasteiger partial charge in [0.1, 0.15) is 5.15 Å². The van der Waals surface area contributed by atoms with Gasteiger partial charge in [-0.05, 0) is 20.3 Å². The summed E-state index contributed by atoms with van der Waals surface area (Å²) in [6.45, 7) is 3.91. The Morgan fingerprint density at radius 2 is 2.25 bits per heavy atom. The van der Waals surface area contributed by atoms with Gasteiger partial charge in [0.25, 0.3) is 0 Å². The first-order chi connectivity index (χ1) is 5.52. The molecule has 1 rings (SSSR count). The Kier molecular flexibility index (Phi) is 2.75. The number of hydrogen-bond acceptors (Lipinski definition) is 2. The highest BCUT2D eigenvalue weighted by Crippen LogP contribution is 2.19. The number of hydrogen-bond donors (Lipinski definition) is 1. The molecular weight excluding hydrogens is 174 g/mol. The van der Waals surface area contributed by atoms with Crippen molar-refractivity contribution in [2.24, 2.45) is 12.8 Å². The molecule has 0 fully saturated rings. The summed E-state index contributed by atoms with van der Waals surface area (Å²) >= 11 is 6.00. The van der Waals surface area contributed by atoms with E-state index in [1.165, 1.54) is 0 Å². The van der Waals surface area contributed by atoms with E-state index in [0.29, 0.717) is 5.15 Å². The van der Waals surface area contributed by atoms with E-state index in [4.69, 9.17) is 17.3 Å². The number of halogens is 1. The van der Waals surface area contributed by atoms with Gasteiger partial charge in [-0.15, -0.1) is 0 Å². The number of aryl methyl sites for hydroxylation is 2. The van der Waals surface area contributed by atoms with Crippen molar-refractivity contribution in [3.05, 3.63) is 16.4 Å². The summed E-state index contributed by atoms with van der Waals surface area (Å²) in [5.74, 6) is 0. The minimum Gasteiger partial charge on any atom is -0.328 e. The van der Waals surface area contributed by atoms with Gasteiger partial charge < -0.3 is 5.73 Å². The Balaban J connectivity index is 2.97. The molecule has 0 spiro atoms. The zero-order valence-corrected chi connectivity index (χ0v) is 8.39. The highest BCUT2D eigenvalue weighted by molar-refractivity contribution is 6.30. The summed E-state index contributed by atoms with van der Waals surface area (Å²) in [7, 11) is 1.83. The first-order valence-electron chi connectivity index (χ1n) is 3.96. The second-order valence-corrected chi connectivity index (χ2v) is 3.52. The Morgan fingerprint density at radius 1 is 1.67 bits per heavy atom. The van der Waals surface area contributed by atoms with Gasteiger partial charge in [-0.25, -0.2) is 0 Å². The highest BCUT2D eigenvalue weighted by Gasteiger charge is 2.11. The second-order valence-electron chi connectivity index (χ2n) is 3.16. The summed E-state index contributed by atoms with van der Waals surface area (Å²) in [5.41, 5.74) is 7.71. The molecule has 0 aliphatic rings. The van der Waals surface area contributed by atoms with Crippen LogP contribution in [0.1, 0.15) is 18.2 Å². The molecular formula is C8H14ClN3. The minimum absolute atomic E-state index is 0.130. The first-order valence-corrected chi connectivity index (χ1v) is 4.33. The number of aromatic nitrogens is 2. The van der Waals surface area contributed by atoms with Crippen molar-refractivity contribution in [3.8, 4) is 0 Å². The lowest BCUT2D eigenvalue weighted by atomic mass is 10.1. The van der Waals surface area contributed by atoms with E-state index < -0.39 is 0 Å². The lowest BCUT2D eigenvalue weighted by Gasteiger charge is -2.03. The van der Waals surface area contributed by atoms with Crippen LogP contribution in [0.5, 0.6) is 0 Å². The van der Waals surface area contributed by atoms with Gasteiger partial charge in [-0.1, -0.05) is 11.6 Å². The highest BCUT2D eigenvalue weighted by atomic mass is 35.5. The molecule has 1 aromatic rings. The molecule has 0 radical (unpaired) electrons. The molecule has 3 nitrogen and oxygen atoms in total. The third kappa shape index (κ3) is 1.79. The van der Waals surface area contributed by atoms with Crippen LogP contribution in [0.2, 0.25) is 5.15 Å². The topological polar surface area (TPSA) is 43.8 Å². The van der Waals surface area contributed by atoms with Gasteiger partial charge in [-0.3, -0.25) is 4.68 Å². The molecule has 0 saturated carbocycles. The van der Waals surface area contributed by atoms with Crippen LogP contribution >= 0.6 is 11.6 Å². The van der Waals surface area contributed by atoms with Crippen LogP contribution in [0.15, 0.2) is 0 Å². The molecule has 0 aromatic carbocycles. The fourth-order valence-corrected chi connectivity index (χ4v) is 1.48. The van der Waals surface area contributed by atoms with E-state index in [2.05, 4.69) is 5.10 Å². The Bertz CT molecular complexity index is 278. The van der Waals surface area contributed by atoms with Crippen LogP contribution in [0.4, 0.5) is 0 Å². The maximum atomic E-state index is 6.00. The monoisotopic (exact) mass is 187 g/mol. The molecule has 2 N–H and O–H groups in total. The van der Waals surface area contributed by atoms with Gasteiger partial charge in [-0.2, -0.15) is 5.10 Å². The average Bonchev–Trinajstić information content (AvgIpc) is 2.16. The maximum Gasteiger partial charge on any atom is 0.130 e. The van der Waals surface area contributed by atoms with E-state index in [9.17, 15) is 0 Å². The maximum absolute atomic E-state index is 6.00. The standard InChI is InChI=1S/C8H14ClN3/c1-5(10)4-7-6(2)11-12(3)8(7)9/h5H,4,10H2,1-3H3/t5-/m1/s1. The van der Waals surface area contributed by atoms with Crippen LogP contribution in [0.25, 0.3) is 0 Å². The van der Waals surface area contributed by atoms with Gasteiger partial charge in [0.15, 0.2) is 0 Å². The molecule has 0 amide bonds. The predicted molar refractivity (Wildman–Crippen MR) is 50.3 cm³/mol. The number of rotatable bonds is 2. The third-order valence-electron chi connectivity index (χ3n) is 1.80. The van der Waals surface area contributed by atoms with Crippen LogP contribution in [0, 0.1) is 6.92 Å². The lowest BCUT2D eigenvalue weighted by molar-refractivity contribution is 0.733. The number of nitrogens with two attached hydrogens (primary N) is 1. The van der Waals surface area contributed by atoms with E-state index in [0.717, 1.165) is 17.7 Å². The molecule has 0 aliphatic heterocycles. The fraction of sp³-hybridized carbons (Fsp3) is 0.625. The van der Waals surface area contributed by atoms with Crippen LogP contribution in [-0.4, -0.2) is 15.8 Å². The molecule has 0 aliphatic carbocycles.